The molecule has 1 aliphatic rings. The zero-order valence-electron chi connectivity index (χ0n) is 18.8. The maximum atomic E-state index is 10.1. The number of methoxy groups -OCH3 is 1. The Bertz CT molecular complexity index is 1460. The summed E-state index contributed by atoms with van der Waals surface area (Å²) in [5, 5.41) is 18.1. The molecule has 3 aromatic carbocycles. The lowest BCUT2D eigenvalue weighted by molar-refractivity contribution is 0.280. The molecule has 0 bridgehead atoms. The van der Waals surface area contributed by atoms with Gasteiger partial charge in [-0.05, 0) is 17.7 Å². The maximum absolute atomic E-state index is 10.1. The molecular weight excluding hydrogens is 464 g/mol. The number of hydrogen-bond acceptors (Lipinski definition) is 6. The highest BCUT2D eigenvalue weighted by molar-refractivity contribution is 6.31. The Kier molecular flexibility index (Phi) is 6.04. The molecule has 5 rings (SSSR count). The monoisotopic (exact) mass is 484 g/mol. The summed E-state index contributed by atoms with van der Waals surface area (Å²) in [4.78, 5) is 0. The molecule has 174 valence electrons. The van der Waals surface area contributed by atoms with Crippen molar-refractivity contribution >= 4 is 11.6 Å². The summed E-state index contributed by atoms with van der Waals surface area (Å²) in [5.41, 5.74) is 10.3. The Morgan fingerprint density at radius 2 is 1.86 bits per heavy atom. The van der Waals surface area contributed by atoms with Crippen molar-refractivity contribution in [3.05, 3.63) is 106 Å². The number of halogens is 1. The number of rotatable bonds is 6. The number of nitrogens with zero attached hydrogens (tertiary/aromatic N) is 2. The van der Waals surface area contributed by atoms with E-state index in [4.69, 9.17) is 31.5 Å². The van der Waals surface area contributed by atoms with E-state index < -0.39 is 5.92 Å². The quantitative estimate of drug-likeness (QED) is 0.372. The van der Waals surface area contributed by atoms with Gasteiger partial charge in [0.1, 0.15) is 18.2 Å². The third kappa shape index (κ3) is 4.05. The van der Waals surface area contributed by atoms with Crippen molar-refractivity contribution in [2.24, 2.45) is 5.73 Å². The third-order valence-corrected chi connectivity index (χ3v) is 6.24. The van der Waals surface area contributed by atoms with Crippen LogP contribution in [-0.4, -0.2) is 17.3 Å². The predicted octanol–water partition coefficient (Wildman–Crippen LogP) is 5.54. The zero-order valence-corrected chi connectivity index (χ0v) is 19.5. The predicted molar refractivity (Wildman–Crippen MR) is 132 cm³/mol. The SMILES string of the molecule is COc1cccc([C@H]2C(C#N)=C(N)Oc3n[nH]c(-c4ccccc4)c32)c1OCc1ccccc1Cl. The molecule has 35 heavy (non-hydrogen) atoms. The molecule has 1 aromatic heterocycles. The first-order valence-corrected chi connectivity index (χ1v) is 11.2. The number of nitrogens with one attached hydrogen (secondary N) is 1. The van der Waals surface area contributed by atoms with Crippen LogP contribution in [0.5, 0.6) is 17.4 Å². The van der Waals surface area contributed by atoms with Gasteiger partial charge in [-0.2, -0.15) is 5.26 Å². The van der Waals surface area contributed by atoms with Gasteiger partial charge in [0.25, 0.3) is 0 Å². The van der Waals surface area contributed by atoms with Crippen molar-refractivity contribution in [3.8, 4) is 34.7 Å². The number of hydrogen-bond donors (Lipinski definition) is 2. The van der Waals surface area contributed by atoms with Crippen LogP contribution < -0.4 is 19.9 Å². The summed E-state index contributed by atoms with van der Waals surface area (Å²) in [6, 6.07) is 24.9. The number of para-hydroxylation sites is 1. The van der Waals surface area contributed by atoms with Crippen molar-refractivity contribution in [2.75, 3.05) is 7.11 Å². The second-order valence-corrected chi connectivity index (χ2v) is 8.27. The molecule has 8 heteroatoms. The van der Waals surface area contributed by atoms with E-state index in [0.29, 0.717) is 33.5 Å². The van der Waals surface area contributed by atoms with Crippen LogP contribution in [0.4, 0.5) is 0 Å². The molecule has 2 heterocycles. The lowest BCUT2D eigenvalue weighted by Gasteiger charge is -2.26. The van der Waals surface area contributed by atoms with Crippen molar-refractivity contribution in [3.63, 3.8) is 0 Å². The minimum absolute atomic E-state index is 0.00372. The number of aromatic nitrogens is 2. The van der Waals surface area contributed by atoms with Crippen LogP contribution in [0.3, 0.4) is 0 Å². The Labute approximate surface area is 207 Å². The number of fused-ring (bicyclic) bond motifs is 1. The van der Waals surface area contributed by atoms with E-state index >= 15 is 0 Å². The van der Waals surface area contributed by atoms with E-state index in [1.165, 1.54) is 0 Å². The minimum atomic E-state index is -0.603. The fourth-order valence-electron chi connectivity index (χ4n) is 4.22. The van der Waals surface area contributed by atoms with Crippen LogP contribution in [0.1, 0.15) is 22.6 Å². The number of nitriles is 1. The first-order chi connectivity index (χ1) is 17.1. The largest absolute Gasteiger partial charge is 0.493 e. The van der Waals surface area contributed by atoms with Gasteiger partial charge in [-0.3, -0.25) is 5.10 Å². The molecule has 0 spiro atoms. The smallest absolute Gasteiger partial charge is 0.244 e. The highest BCUT2D eigenvalue weighted by atomic mass is 35.5. The van der Waals surface area contributed by atoms with Crippen molar-refractivity contribution in [1.82, 2.24) is 10.2 Å². The Morgan fingerprint density at radius 1 is 1.09 bits per heavy atom. The summed E-state index contributed by atoms with van der Waals surface area (Å²) in [6.45, 7) is 0.209. The molecule has 1 atom stereocenters. The molecule has 7 nitrogen and oxygen atoms in total. The summed E-state index contributed by atoms with van der Waals surface area (Å²) in [7, 11) is 1.57. The summed E-state index contributed by atoms with van der Waals surface area (Å²) >= 11 is 6.35. The highest BCUT2D eigenvalue weighted by Crippen LogP contribution is 2.49. The van der Waals surface area contributed by atoms with Crippen LogP contribution >= 0.6 is 11.6 Å². The van der Waals surface area contributed by atoms with Gasteiger partial charge in [-0.1, -0.05) is 72.3 Å². The molecule has 0 fully saturated rings. The second-order valence-electron chi connectivity index (χ2n) is 7.87. The van der Waals surface area contributed by atoms with E-state index in [9.17, 15) is 5.26 Å². The van der Waals surface area contributed by atoms with Crippen molar-refractivity contribution in [2.45, 2.75) is 12.5 Å². The molecule has 1 aliphatic heterocycles. The lowest BCUT2D eigenvalue weighted by Crippen LogP contribution is -2.21. The van der Waals surface area contributed by atoms with E-state index in [-0.39, 0.29) is 18.1 Å². The van der Waals surface area contributed by atoms with Gasteiger partial charge in [0.05, 0.1) is 24.3 Å². The molecule has 0 amide bonds. The maximum Gasteiger partial charge on any atom is 0.244 e. The van der Waals surface area contributed by atoms with Gasteiger partial charge in [0.15, 0.2) is 11.5 Å². The molecule has 4 aromatic rings. The fraction of sp³-hybridized carbons (Fsp3) is 0.111. The van der Waals surface area contributed by atoms with Crippen molar-refractivity contribution in [1.29, 1.82) is 5.26 Å². The van der Waals surface area contributed by atoms with Gasteiger partial charge >= 0.3 is 0 Å². The number of ether oxygens (including phenoxy) is 3. The first kappa shape index (κ1) is 22.4. The average molecular weight is 485 g/mol. The van der Waals surface area contributed by atoms with E-state index in [1.54, 1.807) is 13.2 Å². The third-order valence-electron chi connectivity index (χ3n) is 5.87. The summed E-state index contributed by atoms with van der Waals surface area (Å²) < 4.78 is 17.7. The summed E-state index contributed by atoms with van der Waals surface area (Å²) in [5.74, 6) is 0.701. The molecule has 0 aliphatic carbocycles. The number of H-pyrrole nitrogens is 1. The van der Waals surface area contributed by atoms with Gasteiger partial charge in [-0.15, -0.1) is 5.10 Å². The normalized spacial score (nSPS) is 14.6. The van der Waals surface area contributed by atoms with Gasteiger partial charge < -0.3 is 19.9 Å². The average Bonchev–Trinajstić information content (AvgIpc) is 3.31. The van der Waals surface area contributed by atoms with Crippen LogP contribution in [-0.2, 0) is 6.61 Å². The Hall–Kier alpha value is -4.41. The van der Waals surface area contributed by atoms with Gasteiger partial charge in [0, 0.05) is 16.1 Å². The number of allylic oxidation sites excluding steroid dienone is 1. The topological polar surface area (TPSA) is 106 Å². The summed E-state index contributed by atoms with van der Waals surface area (Å²) in [6.07, 6.45) is 0. The zero-order chi connectivity index (χ0) is 24.4. The van der Waals surface area contributed by atoms with Crippen LogP contribution in [0.25, 0.3) is 11.3 Å². The molecule has 3 N–H and O–H groups in total. The van der Waals surface area contributed by atoms with E-state index in [2.05, 4.69) is 16.3 Å². The Balaban J connectivity index is 1.67. The molecule has 0 saturated carbocycles. The highest BCUT2D eigenvalue weighted by Gasteiger charge is 2.37. The number of nitrogens with two attached hydrogens (primary N) is 1. The van der Waals surface area contributed by atoms with Crippen LogP contribution in [0.15, 0.2) is 84.3 Å². The number of benzene rings is 3. The lowest BCUT2D eigenvalue weighted by atomic mass is 9.82. The van der Waals surface area contributed by atoms with E-state index in [1.807, 2.05) is 66.7 Å². The molecule has 0 saturated heterocycles. The minimum Gasteiger partial charge on any atom is -0.493 e. The second kappa shape index (κ2) is 9.45. The van der Waals surface area contributed by atoms with Crippen LogP contribution in [0, 0.1) is 11.3 Å². The Morgan fingerprint density at radius 3 is 2.60 bits per heavy atom. The first-order valence-electron chi connectivity index (χ1n) is 10.9. The molecular formula is C27H21ClN4O3. The standard InChI is InChI=1S/C27H21ClN4O3/c1-33-21-13-7-11-18(25(21)34-15-17-10-5-6-12-20(17)28)22-19(14-29)26(30)35-27-23(22)24(31-32-27)16-8-3-2-4-9-16/h2-13,22H,15,30H2,1H3,(H,31,32)/t22-/m0/s1. The van der Waals surface area contributed by atoms with Gasteiger partial charge in [0.2, 0.25) is 11.8 Å². The van der Waals surface area contributed by atoms with Crippen LogP contribution in [0.2, 0.25) is 5.02 Å². The van der Waals surface area contributed by atoms with E-state index in [0.717, 1.165) is 16.8 Å². The number of aromatic amines is 1. The molecule has 0 unspecified atom stereocenters. The van der Waals surface area contributed by atoms with Gasteiger partial charge in [-0.25, -0.2) is 0 Å². The fourth-order valence-corrected chi connectivity index (χ4v) is 4.41. The van der Waals surface area contributed by atoms with Crippen molar-refractivity contribution < 1.29 is 14.2 Å². The molecule has 0 radical (unpaired) electrons.